The number of carbonyl (C=O) groups excluding carboxylic acids is 1. The van der Waals surface area contributed by atoms with Crippen LogP contribution in [0.5, 0.6) is 0 Å². The molecule has 2 fully saturated rings. The predicted octanol–water partition coefficient (Wildman–Crippen LogP) is 2.97. The van der Waals surface area contributed by atoms with Crippen LogP contribution in [0.25, 0.3) is 0 Å². The topological polar surface area (TPSA) is 38.8 Å². The third-order valence-electron chi connectivity index (χ3n) is 5.82. The normalized spacial score (nSPS) is 28.1. The Bertz CT molecular complexity index is 464. The molecule has 0 aromatic rings. The zero-order chi connectivity index (χ0) is 16.0. The summed E-state index contributed by atoms with van der Waals surface area (Å²) in [6.45, 7) is 9.80. The number of hydrogen-bond donors (Lipinski definition) is 0. The zero-order valence-electron chi connectivity index (χ0n) is 14.4. The molecule has 2 aliphatic heterocycles. The lowest BCUT2D eigenvalue weighted by atomic mass is 9.74. The largest absolute Gasteiger partial charge is 0.490 e. The molecule has 1 saturated carbocycles. The van der Waals surface area contributed by atoms with Crippen LogP contribution in [0.3, 0.4) is 0 Å². The first-order valence-electron chi connectivity index (χ1n) is 8.63. The molecule has 0 radical (unpaired) electrons. The van der Waals surface area contributed by atoms with Crippen LogP contribution in [0, 0.1) is 5.92 Å². The Balaban J connectivity index is 1.61. The first-order valence-corrected chi connectivity index (χ1v) is 8.63. The number of amides is 1. The summed E-state index contributed by atoms with van der Waals surface area (Å²) < 4.78 is 12.2. The lowest BCUT2D eigenvalue weighted by Crippen LogP contribution is -2.41. The van der Waals surface area contributed by atoms with Gasteiger partial charge in [0.2, 0.25) is 5.91 Å². The molecule has 1 saturated heterocycles. The van der Waals surface area contributed by atoms with Crippen molar-refractivity contribution in [2.45, 2.75) is 71.0 Å². The lowest BCUT2D eigenvalue weighted by Gasteiger charge is -2.32. The van der Waals surface area contributed by atoms with Gasteiger partial charge >= 0.3 is 7.12 Å². The molecular weight excluding hydrogens is 277 g/mol. The highest BCUT2D eigenvalue weighted by Gasteiger charge is 2.52. The predicted molar refractivity (Wildman–Crippen MR) is 87.3 cm³/mol. The van der Waals surface area contributed by atoms with Crippen molar-refractivity contribution in [2.75, 3.05) is 13.1 Å². The van der Waals surface area contributed by atoms with Crippen molar-refractivity contribution in [3.8, 4) is 0 Å². The van der Waals surface area contributed by atoms with Crippen LogP contribution in [0.1, 0.15) is 59.8 Å². The summed E-state index contributed by atoms with van der Waals surface area (Å²) in [5.41, 5.74) is 0.596. The Kier molecular flexibility index (Phi) is 4.15. The maximum Gasteiger partial charge on any atom is 0.490 e. The summed E-state index contributed by atoms with van der Waals surface area (Å²) in [6.07, 6.45) is 7.55. The highest BCUT2D eigenvalue weighted by atomic mass is 16.7. The number of hydrogen-bond acceptors (Lipinski definition) is 3. The summed E-state index contributed by atoms with van der Waals surface area (Å²) in [4.78, 5) is 14.5. The Morgan fingerprint density at radius 1 is 1.18 bits per heavy atom. The van der Waals surface area contributed by atoms with E-state index in [1.54, 1.807) is 0 Å². The summed E-state index contributed by atoms with van der Waals surface area (Å²) in [6, 6.07) is 0. The molecule has 0 aromatic carbocycles. The molecule has 5 heteroatoms. The van der Waals surface area contributed by atoms with E-state index in [0.717, 1.165) is 25.8 Å². The van der Waals surface area contributed by atoms with E-state index in [4.69, 9.17) is 9.31 Å². The SMILES string of the molecule is CC1(C)OB(C2=CCN(C(=O)C3CCCC3)CC2)OC1(C)C. The quantitative estimate of drug-likeness (QED) is 0.736. The fraction of sp³-hybridized carbons (Fsp3) is 0.824. The van der Waals surface area contributed by atoms with Crippen LogP contribution in [-0.4, -0.2) is 42.2 Å². The van der Waals surface area contributed by atoms with Gasteiger partial charge in [-0.05, 0) is 52.4 Å². The molecule has 0 N–H and O–H groups in total. The summed E-state index contributed by atoms with van der Waals surface area (Å²) in [5.74, 6) is 0.619. The molecule has 1 amide bonds. The molecule has 0 atom stereocenters. The van der Waals surface area contributed by atoms with Gasteiger partial charge in [-0.3, -0.25) is 4.79 Å². The molecule has 122 valence electrons. The molecule has 4 nitrogen and oxygen atoms in total. The van der Waals surface area contributed by atoms with Crippen molar-refractivity contribution in [1.82, 2.24) is 4.90 Å². The summed E-state index contributed by atoms with van der Waals surface area (Å²) in [7, 11) is -0.256. The molecule has 0 unspecified atom stereocenters. The van der Waals surface area contributed by atoms with Gasteiger partial charge < -0.3 is 14.2 Å². The van der Waals surface area contributed by atoms with Crippen molar-refractivity contribution in [3.05, 3.63) is 11.5 Å². The van der Waals surface area contributed by atoms with E-state index in [1.165, 1.54) is 18.3 Å². The van der Waals surface area contributed by atoms with Gasteiger partial charge in [0, 0.05) is 19.0 Å². The van der Waals surface area contributed by atoms with Crippen LogP contribution in [0.2, 0.25) is 0 Å². The molecule has 3 rings (SSSR count). The first-order chi connectivity index (χ1) is 10.3. The Labute approximate surface area is 134 Å². The zero-order valence-corrected chi connectivity index (χ0v) is 14.4. The van der Waals surface area contributed by atoms with Gasteiger partial charge in [0.15, 0.2) is 0 Å². The van der Waals surface area contributed by atoms with E-state index >= 15 is 0 Å². The fourth-order valence-corrected chi connectivity index (χ4v) is 3.52. The smallest absolute Gasteiger partial charge is 0.400 e. The standard InChI is InChI=1S/C17H28BNO3/c1-16(2)17(3,4)22-18(21-16)14-9-11-19(12-10-14)15(20)13-7-5-6-8-13/h9,13H,5-8,10-12H2,1-4H3. The van der Waals surface area contributed by atoms with Gasteiger partial charge in [-0.2, -0.15) is 0 Å². The van der Waals surface area contributed by atoms with E-state index < -0.39 is 0 Å². The van der Waals surface area contributed by atoms with Gasteiger partial charge in [-0.25, -0.2) is 0 Å². The third kappa shape index (κ3) is 2.85. The van der Waals surface area contributed by atoms with Crippen molar-refractivity contribution in [1.29, 1.82) is 0 Å². The maximum atomic E-state index is 12.5. The molecule has 0 spiro atoms. The van der Waals surface area contributed by atoms with Crippen LogP contribution >= 0.6 is 0 Å². The summed E-state index contributed by atoms with van der Waals surface area (Å²) in [5, 5.41) is 0. The average Bonchev–Trinajstić information content (AvgIpc) is 3.05. The van der Waals surface area contributed by atoms with Crippen molar-refractivity contribution < 1.29 is 14.1 Å². The molecule has 2 heterocycles. The van der Waals surface area contributed by atoms with E-state index in [0.29, 0.717) is 12.5 Å². The van der Waals surface area contributed by atoms with E-state index in [9.17, 15) is 4.79 Å². The van der Waals surface area contributed by atoms with Crippen molar-refractivity contribution in [3.63, 3.8) is 0 Å². The minimum atomic E-state index is -0.296. The molecule has 0 aromatic heterocycles. The maximum absolute atomic E-state index is 12.5. The monoisotopic (exact) mass is 305 g/mol. The lowest BCUT2D eigenvalue weighted by molar-refractivity contribution is -0.135. The van der Waals surface area contributed by atoms with Gasteiger partial charge in [-0.1, -0.05) is 18.9 Å². The number of rotatable bonds is 2. The van der Waals surface area contributed by atoms with Gasteiger partial charge in [-0.15, -0.1) is 0 Å². The second kappa shape index (κ2) is 5.68. The fourth-order valence-electron chi connectivity index (χ4n) is 3.52. The molecule has 0 bridgehead atoms. The van der Waals surface area contributed by atoms with Crippen LogP contribution < -0.4 is 0 Å². The minimum absolute atomic E-state index is 0.256. The Hall–Kier alpha value is -0.805. The Morgan fingerprint density at radius 3 is 2.27 bits per heavy atom. The van der Waals surface area contributed by atoms with Crippen molar-refractivity contribution in [2.24, 2.45) is 5.92 Å². The second-order valence-corrected chi connectivity index (χ2v) is 7.88. The van der Waals surface area contributed by atoms with Gasteiger partial charge in [0.1, 0.15) is 0 Å². The van der Waals surface area contributed by atoms with E-state index in [1.807, 2.05) is 4.90 Å². The van der Waals surface area contributed by atoms with Crippen LogP contribution in [-0.2, 0) is 14.1 Å². The molecule has 3 aliphatic rings. The van der Waals surface area contributed by atoms with Crippen LogP contribution in [0.4, 0.5) is 0 Å². The van der Waals surface area contributed by atoms with E-state index in [2.05, 4.69) is 33.8 Å². The molecule has 22 heavy (non-hydrogen) atoms. The molecular formula is C17H28BNO3. The highest BCUT2D eigenvalue weighted by molar-refractivity contribution is 6.54. The van der Waals surface area contributed by atoms with E-state index in [-0.39, 0.29) is 24.2 Å². The van der Waals surface area contributed by atoms with Crippen molar-refractivity contribution >= 4 is 13.0 Å². The average molecular weight is 305 g/mol. The highest BCUT2D eigenvalue weighted by Crippen LogP contribution is 2.39. The minimum Gasteiger partial charge on any atom is -0.400 e. The number of nitrogens with zero attached hydrogens (tertiary/aromatic N) is 1. The second-order valence-electron chi connectivity index (χ2n) is 7.88. The van der Waals surface area contributed by atoms with Gasteiger partial charge in [0.25, 0.3) is 0 Å². The van der Waals surface area contributed by atoms with Gasteiger partial charge in [0.05, 0.1) is 11.2 Å². The summed E-state index contributed by atoms with van der Waals surface area (Å²) >= 11 is 0. The first kappa shape index (κ1) is 16.1. The van der Waals surface area contributed by atoms with Crippen LogP contribution in [0.15, 0.2) is 11.5 Å². The molecule has 1 aliphatic carbocycles. The number of carbonyl (C=O) groups is 1. The Morgan fingerprint density at radius 2 is 1.77 bits per heavy atom. The third-order valence-corrected chi connectivity index (χ3v) is 5.82.